The summed E-state index contributed by atoms with van der Waals surface area (Å²) < 4.78 is 14.2. The smallest absolute Gasteiger partial charge is 0.291 e. The topological polar surface area (TPSA) is 60.3 Å². The lowest BCUT2D eigenvalue weighted by Crippen LogP contribution is -2.37. The molecule has 0 spiro atoms. The van der Waals surface area contributed by atoms with Gasteiger partial charge in [0, 0.05) is 6.04 Å². The molecule has 0 fully saturated rings. The third-order valence-corrected chi connectivity index (χ3v) is 2.77. The molecule has 1 aromatic carbocycles. The molecular weight excluding hydrogens is 263 g/mol. The number of pyridine rings is 1. The summed E-state index contributed by atoms with van der Waals surface area (Å²) in [6.45, 7) is 3.60. The van der Waals surface area contributed by atoms with Crippen LogP contribution in [0.4, 0.5) is 4.39 Å². The molecule has 1 heterocycles. The molecule has 6 heteroatoms. The number of fused-ring (bicyclic) bond motifs is 1. The predicted molar refractivity (Wildman–Crippen MR) is 73.3 cm³/mol. The van der Waals surface area contributed by atoms with Crippen LogP contribution in [-0.4, -0.2) is 23.8 Å². The van der Waals surface area contributed by atoms with E-state index >= 15 is 0 Å². The number of amides is 1. The summed E-state index contributed by atoms with van der Waals surface area (Å²) in [5.41, 5.74) is -0.469. The number of nitrogens with zero attached hydrogens (tertiary/aromatic N) is 1. The van der Waals surface area contributed by atoms with Gasteiger partial charge in [-0.15, -0.1) is 4.73 Å². The Bertz CT molecular complexity index is 722. The Morgan fingerprint density at radius 3 is 2.65 bits per heavy atom. The van der Waals surface area contributed by atoms with Crippen molar-refractivity contribution in [1.29, 1.82) is 0 Å². The maximum Gasteiger partial charge on any atom is 0.291 e. The molecule has 0 saturated carbocycles. The average Bonchev–Trinajstić information content (AvgIpc) is 2.37. The van der Waals surface area contributed by atoms with Gasteiger partial charge in [0.1, 0.15) is 18.6 Å². The second-order valence-corrected chi connectivity index (χ2v) is 4.67. The van der Waals surface area contributed by atoms with Gasteiger partial charge in [-0.2, -0.15) is 0 Å². The lowest BCUT2D eigenvalue weighted by molar-refractivity contribution is 0.0874. The summed E-state index contributed by atoms with van der Waals surface area (Å²) >= 11 is 0. The zero-order valence-corrected chi connectivity index (χ0v) is 11.4. The predicted octanol–water partition coefficient (Wildman–Crippen LogP) is 1.34. The van der Waals surface area contributed by atoms with E-state index in [9.17, 15) is 14.0 Å². The van der Waals surface area contributed by atoms with Crippen molar-refractivity contribution in [3.8, 4) is 0 Å². The Morgan fingerprint density at radius 1 is 1.35 bits per heavy atom. The van der Waals surface area contributed by atoms with Crippen molar-refractivity contribution in [1.82, 2.24) is 10.0 Å². The van der Waals surface area contributed by atoms with E-state index in [1.165, 1.54) is 31.4 Å². The second-order valence-electron chi connectivity index (χ2n) is 4.67. The van der Waals surface area contributed by atoms with Gasteiger partial charge in [-0.1, -0.05) is 0 Å². The molecule has 106 valence electrons. The van der Waals surface area contributed by atoms with Crippen molar-refractivity contribution in [3.63, 3.8) is 0 Å². The molecule has 0 atom stereocenters. The van der Waals surface area contributed by atoms with Crippen LogP contribution in [0.1, 0.15) is 24.3 Å². The highest BCUT2D eigenvalue weighted by atomic mass is 19.1. The Kier molecular flexibility index (Phi) is 3.74. The minimum Gasteiger partial charge on any atom is -0.413 e. The van der Waals surface area contributed by atoms with Crippen molar-refractivity contribution >= 4 is 16.7 Å². The lowest BCUT2D eigenvalue weighted by atomic mass is 10.1. The number of nitrogens with one attached hydrogen (secondary N) is 1. The van der Waals surface area contributed by atoms with E-state index in [2.05, 4.69) is 5.32 Å². The van der Waals surface area contributed by atoms with Crippen LogP contribution in [0.25, 0.3) is 10.8 Å². The van der Waals surface area contributed by atoms with Gasteiger partial charge in [0.05, 0.1) is 5.39 Å². The van der Waals surface area contributed by atoms with E-state index in [1.54, 1.807) is 13.8 Å². The Balaban J connectivity index is 2.70. The largest absolute Gasteiger partial charge is 0.413 e. The molecule has 5 nitrogen and oxygen atoms in total. The molecule has 1 N–H and O–H groups in total. The highest BCUT2D eigenvalue weighted by Gasteiger charge is 2.17. The van der Waals surface area contributed by atoms with Crippen molar-refractivity contribution in [2.75, 3.05) is 7.11 Å². The molecule has 0 aliphatic heterocycles. The molecule has 1 amide bonds. The molecular formula is C14H15FN2O3. The molecule has 0 aliphatic carbocycles. The molecule has 1 aromatic heterocycles. The quantitative estimate of drug-likeness (QED) is 0.921. The number of benzene rings is 1. The van der Waals surface area contributed by atoms with Gasteiger partial charge in [0.2, 0.25) is 0 Å². The summed E-state index contributed by atoms with van der Waals surface area (Å²) in [7, 11) is 1.29. The third-order valence-electron chi connectivity index (χ3n) is 2.77. The Hall–Kier alpha value is -2.37. The van der Waals surface area contributed by atoms with Gasteiger partial charge in [-0.25, -0.2) is 4.39 Å². The summed E-state index contributed by atoms with van der Waals surface area (Å²) in [4.78, 5) is 29.3. The summed E-state index contributed by atoms with van der Waals surface area (Å²) in [6, 6.07) is 5.11. The van der Waals surface area contributed by atoms with Gasteiger partial charge in [-0.05, 0) is 43.5 Å². The number of halogens is 1. The number of carbonyl (C=O) groups excluding carboxylic acids is 1. The normalized spacial score (nSPS) is 10.8. The van der Waals surface area contributed by atoms with Gasteiger partial charge in [-0.3, -0.25) is 9.59 Å². The molecule has 20 heavy (non-hydrogen) atoms. The maximum absolute atomic E-state index is 13.3. The van der Waals surface area contributed by atoms with Crippen LogP contribution < -0.4 is 15.7 Å². The summed E-state index contributed by atoms with van der Waals surface area (Å²) in [6.07, 6.45) is 0. The van der Waals surface area contributed by atoms with Crippen molar-refractivity contribution in [2.45, 2.75) is 19.9 Å². The zero-order valence-electron chi connectivity index (χ0n) is 11.4. The number of aromatic nitrogens is 1. The van der Waals surface area contributed by atoms with E-state index in [4.69, 9.17) is 4.84 Å². The monoisotopic (exact) mass is 278 g/mol. The lowest BCUT2D eigenvalue weighted by Gasteiger charge is -2.14. The molecule has 0 unspecified atom stereocenters. The van der Waals surface area contributed by atoms with Crippen molar-refractivity contribution in [2.24, 2.45) is 0 Å². The minimum atomic E-state index is -0.501. The first-order chi connectivity index (χ1) is 9.43. The van der Waals surface area contributed by atoms with Gasteiger partial charge < -0.3 is 10.2 Å². The third kappa shape index (κ3) is 2.49. The average molecular weight is 278 g/mol. The molecule has 0 bridgehead atoms. The molecule has 2 aromatic rings. The number of carbonyl (C=O) groups is 1. The van der Waals surface area contributed by atoms with Gasteiger partial charge in [0.25, 0.3) is 11.5 Å². The van der Waals surface area contributed by atoms with Crippen LogP contribution in [-0.2, 0) is 0 Å². The fraction of sp³-hybridized carbons (Fsp3) is 0.286. The molecule has 0 saturated heterocycles. The maximum atomic E-state index is 13.3. The van der Waals surface area contributed by atoms with Gasteiger partial charge in [0.15, 0.2) is 0 Å². The standard InChI is InChI=1S/C14H15FN2O3/c1-8(2)16-13(18)12-7-9-6-10(15)4-5-11(9)14(19)17(12)20-3/h4-8H,1-3H3,(H,16,18). The van der Waals surface area contributed by atoms with Crippen molar-refractivity contribution in [3.05, 3.63) is 46.1 Å². The van der Waals surface area contributed by atoms with Crippen LogP contribution in [0.3, 0.4) is 0 Å². The van der Waals surface area contributed by atoms with Crippen LogP contribution in [0.2, 0.25) is 0 Å². The van der Waals surface area contributed by atoms with Gasteiger partial charge >= 0.3 is 0 Å². The SMILES string of the molecule is COn1c(C(=O)NC(C)C)cc2cc(F)ccc2c1=O. The molecule has 2 rings (SSSR count). The zero-order chi connectivity index (χ0) is 14.9. The number of hydrogen-bond donors (Lipinski definition) is 1. The van der Waals surface area contributed by atoms with E-state index in [0.29, 0.717) is 5.39 Å². The summed E-state index contributed by atoms with van der Waals surface area (Å²) in [5.74, 6) is -0.924. The first-order valence-corrected chi connectivity index (χ1v) is 6.14. The van der Waals surface area contributed by atoms with Crippen LogP contribution >= 0.6 is 0 Å². The van der Waals surface area contributed by atoms with E-state index in [0.717, 1.165) is 4.73 Å². The molecule has 0 aliphatic rings. The van der Waals surface area contributed by atoms with Crippen LogP contribution in [0.5, 0.6) is 0 Å². The number of hydrogen-bond acceptors (Lipinski definition) is 3. The van der Waals surface area contributed by atoms with Crippen molar-refractivity contribution < 1.29 is 14.0 Å². The van der Waals surface area contributed by atoms with E-state index in [-0.39, 0.29) is 17.1 Å². The Morgan fingerprint density at radius 2 is 2.05 bits per heavy atom. The van der Waals surface area contributed by atoms with Crippen LogP contribution in [0.15, 0.2) is 29.1 Å². The second kappa shape index (κ2) is 5.32. The Labute approximate surface area is 114 Å². The number of rotatable bonds is 3. The summed E-state index contributed by atoms with van der Waals surface area (Å²) in [5, 5.41) is 3.31. The highest BCUT2D eigenvalue weighted by Crippen LogP contribution is 2.14. The highest BCUT2D eigenvalue weighted by molar-refractivity contribution is 5.96. The fourth-order valence-corrected chi connectivity index (χ4v) is 1.95. The first kappa shape index (κ1) is 14.0. The molecule has 0 radical (unpaired) electrons. The van der Waals surface area contributed by atoms with E-state index < -0.39 is 17.3 Å². The van der Waals surface area contributed by atoms with E-state index in [1.807, 2.05) is 0 Å². The van der Waals surface area contributed by atoms with Crippen LogP contribution in [0, 0.1) is 5.82 Å². The minimum absolute atomic E-state index is 0.0318. The first-order valence-electron chi connectivity index (χ1n) is 6.14. The fourth-order valence-electron chi connectivity index (χ4n) is 1.95.